The first-order valence-electron chi connectivity index (χ1n) is 2.36. The zero-order valence-electron chi connectivity index (χ0n) is 4.35. The number of amides is 2. The highest BCUT2D eigenvalue weighted by Gasteiger charge is 2.15. The Bertz CT molecular complexity index is 147. The van der Waals surface area contributed by atoms with Crippen molar-refractivity contribution in [3.8, 4) is 12.5 Å². The van der Waals surface area contributed by atoms with Gasteiger partial charge in [0.25, 0.3) is 0 Å². The molecule has 0 aromatic heterocycles. The van der Waals surface area contributed by atoms with E-state index in [0.29, 0.717) is 13.1 Å². The molecule has 8 heavy (non-hydrogen) atoms. The van der Waals surface area contributed by atoms with E-state index >= 15 is 0 Å². The van der Waals surface area contributed by atoms with Crippen LogP contribution in [0.1, 0.15) is 0 Å². The van der Waals surface area contributed by atoms with Crippen LogP contribution in [-0.4, -0.2) is 24.0 Å². The van der Waals surface area contributed by atoms with Gasteiger partial charge in [-0.3, -0.25) is 4.90 Å². The largest absolute Gasteiger partial charge is 0.335 e. The minimum Gasteiger partial charge on any atom is -0.335 e. The quantitative estimate of drug-likeness (QED) is 0.423. The Hall–Kier alpha value is -1.17. The van der Waals surface area contributed by atoms with E-state index in [4.69, 9.17) is 6.42 Å². The standard InChI is InChI=1S/C5H6N2O/c1-2-7-4-3-6-5(7)8/h1H,3-4H2,(H,6,8). The SMILES string of the molecule is C#CN1CCNC1=O. The Balaban J connectivity index is 2.58. The van der Waals surface area contributed by atoms with Crippen LogP contribution in [-0.2, 0) is 0 Å². The van der Waals surface area contributed by atoms with Gasteiger partial charge in [0.2, 0.25) is 0 Å². The molecule has 0 radical (unpaired) electrons. The summed E-state index contributed by atoms with van der Waals surface area (Å²) in [5.74, 6) is 0. The van der Waals surface area contributed by atoms with Gasteiger partial charge in [0.15, 0.2) is 0 Å². The second-order valence-electron chi connectivity index (χ2n) is 1.51. The smallest absolute Gasteiger partial charge is 0.329 e. The van der Waals surface area contributed by atoms with Crippen molar-refractivity contribution in [2.24, 2.45) is 0 Å². The molecule has 1 aliphatic heterocycles. The molecule has 1 rings (SSSR count). The van der Waals surface area contributed by atoms with Crippen molar-refractivity contribution in [1.29, 1.82) is 0 Å². The molecule has 0 aliphatic carbocycles. The van der Waals surface area contributed by atoms with Crippen molar-refractivity contribution >= 4 is 6.03 Å². The summed E-state index contributed by atoms with van der Waals surface area (Å²) in [4.78, 5) is 11.8. The molecular weight excluding hydrogens is 104 g/mol. The van der Waals surface area contributed by atoms with Crippen LogP contribution in [0.25, 0.3) is 0 Å². The van der Waals surface area contributed by atoms with Gasteiger partial charge < -0.3 is 5.32 Å². The van der Waals surface area contributed by atoms with E-state index in [1.54, 1.807) is 0 Å². The van der Waals surface area contributed by atoms with Crippen molar-refractivity contribution in [3.63, 3.8) is 0 Å². The molecule has 1 fully saturated rings. The molecule has 0 spiro atoms. The van der Waals surface area contributed by atoms with Gasteiger partial charge in [0.1, 0.15) is 0 Å². The van der Waals surface area contributed by atoms with Crippen LogP contribution in [0, 0.1) is 12.5 Å². The molecule has 42 valence electrons. The lowest BCUT2D eigenvalue weighted by Crippen LogP contribution is -2.22. The highest BCUT2D eigenvalue weighted by molar-refractivity contribution is 5.77. The molecule has 1 heterocycles. The molecule has 0 unspecified atom stereocenters. The van der Waals surface area contributed by atoms with Crippen LogP contribution in [0.5, 0.6) is 0 Å². The third-order valence-electron chi connectivity index (χ3n) is 1.01. The molecule has 2 amide bonds. The van der Waals surface area contributed by atoms with E-state index in [0.717, 1.165) is 0 Å². The second-order valence-corrected chi connectivity index (χ2v) is 1.51. The first-order chi connectivity index (χ1) is 3.84. The van der Waals surface area contributed by atoms with Crippen LogP contribution in [0.4, 0.5) is 4.79 Å². The van der Waals surface area contributed by atoms with Gasteiger partial charge in [0.05, 0.1) is 6.54 Å². The molecule has 0 aromatic carbocycles. The normalized spacial score (nSPS) is 17.9. The highest BCUT2D eigenvalue weighted by Crippen LogP contribution is 1.91. The Labute approximate surface area is 47.7 Å². The van der Waals surface area contributed by atoms with Crippen molar-refractivity contribution in [3.05, 3.63) is 0 Å². The number of carbonyl (C=O) groups is 1. The number of carbonyl (C=O) groups excluding carboxylic acids is 1. The maximum atomic E-state index is 10.5. The summed E-state index contributed by atoms with van der Waals surface area (Å²) < 4.78 is 0. The van der Waals surface area contributed by atoms with Crippen molar-refractivity contribution in [2.75, 3.05) is 13.1 Å². The first kappa shape index (κ1) is 4.98. The van der Waals surface area contributed by atoms with Gasteiger partial charge in [-0.25, -0.2) is 4.79 Å². The van der Waals surface area contributed by atoms with E-state index in [2.05, 4.69) is 11.4 Å². The number of terminal acetylenes is 1. The maximum Gasteiger partial charge on any atom is 0.329 e. The predicted molar refractivity (Wildman–Crippen MR) is 28.9 cm³/mol. The lowest BCUT2D eigenvalue weighted by molar-refractivity contribution is 0.232. The summed E-state index contributed by atoms with van der Waals surface area (Å²) in [5.41, 5.74) is 0. The van der Waals surface area contributed by atoms with E-state index in [1.165, 1.54) is 4.90 Å². The summed E-state index contributed by atoms with van der Waals surface area (Å²) >= 11 is 0. The van der Waals surface area contributed by atoms with Crippen LogP contribution < -0.4 is 5.32 Å². The molecule has 0 atom stereocenters. The minimum atomic E-state index is -0.160. The molecule has 0 aromatic rings. The molecule has 0 saturated carbocycles. The first-order valence-corrected chi connectivity index (χ1v) is 2.36. The fourth-order valence-electron chi connectivity index (χ4n) is 0.595. The fourth-order valence-corrected chi connectivity index (χ4v) is 0.595. The number of hydrogen-bond donors (Lipinski definition) is 1. The monoisotopic (exact) mass is 110 g/mol. The third kappa shape index (κ3) is 0.604. The van der Waals surface area contributed by atoms with Gasteiger partial charge >= 0.3 is 6.03 Å². The number of hydrogen-bond acceptors (Lipinski definition) is 1. The third-order valence-corrected chi connectivity index (χ3v) is 1.01. The molecule has 1 aliphatic rings. The topological polar surface area (TPSA) is 32.3 Å². The van der Waals surface area contributed by atoms with Crippen molar-refractivity contribution in [2.45, 2.75) is 0 Å². The Kier molecular flexibility index (Phi) is 1.09. The average Bonchev–Trinajstić information content (AvgIpc) is 2.14. The van der Waals surface area contributed by atoms with Gasteiger partial charge in [-0.1, -0.05) is 6.42 Å². The summed E-state index contributed by atoms with van der Waals surface area (Å²) in [7, 11) is 0. The number of urea groups is 1. The highest BCUT2D eigenvalue weighted by atomic mass is 16.2. The molecule has 3 nitrogen and oxygen atoms in total. The Morgan fingerprint density at radius 2 is 2.62 bits per heavy atom. The number of rotatable bonds is 0. The van der Waals surface area contributed by atoms with E-state index in [9.17, 15) is 4.79 Å². The van der Waals surface area contributed by atoms with Crippen LogP contribution in [0.15, 0.2) is 0 Å². The number of nitrogens with one attached hydrogen (secondary N) is 1. The van der Waals surface area contributed by atoms with Crippen molar-refractivity contribution < 1.29 is 4.79 Å². The van der Waals surface area contributed by atoms with Gasteiger partial charge in [-0.05, 0) is 0 Å². The zero-order chi connectivity index (χ0) is 5.98. The summed E-state index contributed by atoms with van der Waals surface area (Å²) in [6.45, 7) is 1.30. The summed E-state index contributed by atoms with van der Waals surface area (Å²) in [6, 6.07) is 2.08. The summed E-state index contributed by atoms with van der Waals surface area (Å²) in [5, 5.41) is 2.56. The fraction of sp³-hybridized carbons (Fsp3) is 0.400. The molecule has 1 N–H and O–H groups in total. The van der Waals surface area contributed by atoms with E-state index < -0.39 is 0 Å². The maximum absolute atomic E-state index is 10.5. The van der Waals surface area contributed by atoms with Crippen LogP contribution >= 0.6 is 0 Å². The lowest BCUT2D eigenvalue weighted by atomic mass is 10.6. The van der Waals surface area contributed by atoms with E-state index in [-0.39, 0.29) is 6.03 Å². The van der Waals surface area contributed by atoms with Gasteiger partial charge in [-0.2, -0.15) is 0 Å². The van der Waals surface area contributed by atoms with Crippen molar-refractivity contribution in [1.82, 2.24) is 10.2 Å². The van der Waals surface area contributed by atoms with Crippen LogP contribution in [0.3, 0.4) is 0 Å². The minimum absolute atomic E-state index is 0.160. The van der Waals surface area contributed by atoms with Gasteiger partial charge in [0, 0.05) is 12.6 Å². The number of nitrogens with zero attached hydrogens (tertiary/aromatic N) is 1. The van der Waals surface area contributed by atoms with Gasteiger partial charge in [-0.15, -0.1) is 0 Å². The van der Waals surface area contributed by atoms with E-state index in [1.807, 2.05) is 0 Å². The predicted octanol–water partition coefficient (Wildman–Crippen LogP) is -0.398. The average molecular weight is 110 g/mol. The molecular formula is C5H6N2O. The zero-order valence-corrected chi connectivity index (χ0v) is 4.35. The Morgan fingerprint density at radius 3 is 2.88 bits per heavy atom. The second kappa shape index (κ2) is 1.74. The van der Waals surface area contributed by atoms with Crippen LogP contribution in [0.2, 0.25) is 0 Å². The summed E-state index contributed by atoms with van der Waals surface area (Å²) in [6.07, 6.45) is 4.94. The molecule has 1 saturated heterocycles. The Morgan fingerprint density at radius 1 is 1.88 bits per heavy atom. The molecule has 0 bridgehead atoms. The molecule has 3 heteroatoms. The lowest BCUT2D eigenvalue weighted by Gasteiger charge is -1.99.